The molecule has 0 aromatic rings. The highest BCUT2D eigenvalue weighted by Crippen LogP contribution is 2.20. The lowest BCUT2D eigenvalue weighted by Gasteiger charge is -2.28. The molecule has 1 aliphatic rings. The zero-order valence-electron chi connectivity index (χ0n) is 12.2. The van der Waals surface area contributed by atoms with Crippen molar-refractivity contribution in [1.82, 2.24) is 10.2 Å². The van der Waals surface area contributed by atoms with Gasteiger partial charge in [-0.25, -0.2) is 0 Å². The molecule has 1 fully saturated rings. The zero-order valence-corrected chi connectivity index (χ0v) is 12.2. The van der Waals surface area contributed by atoms with Crippen molar-refractivity contribution in [2.24, 2.45) is 0 Å². The van der Waals surface area contributed by atoms with Gasteiger partial charge in [0.1, 0.15) is 6.04 Å². The number of ether oxygens (including phenoxy) is 1. The Morgan fingerprint density at radius 3 is 2.72 bits per heavy atom. The van der Waals surface area contributed by atoms with Crippen molar-refractivity contribution in [3.63, 3.8) is 0 Å². The third-order valence-electron chi connectivity index (χ3n) is 3.49. The standard InChI is InChI=1S/C14H28N2O2/c1-5-12-8-7-9-16(12)10-13(15-11(3)4)14(17)18-6-2/h11-13,15H,5-10H2,1-4H3. The van der Waals surface area contributed by atoms with Crippen LogP contribution in [0.2, 0.25) is 0 Å². The van der Waals surface area contributed by atoms with Crippen LogP contribution in [0.25, 0.3) is 0 Å². The summed E-state index contributed by atoms with van der Waals surface area (Å²) >= 11 is 0. The molecule has 0 aromatic carbocycles. The van der Waals surface area contributed by atoms with Crippen LogP contribution in [0.15, 0.2) is 0 Å². The maximum absolute atomic E-state index is 12.0. The highest BCUT2D eigenvalue weighted by Gasteiger charge is 2.29. The average Bonchev–Trinajstić information content (AvgIpc) is 2.75. The fraction of sp³-hybridized carbons (Fsp3) is 0.929. The predicted octanol–water partition coefficient (Wildman–Crippen LogP) is 1.79. The van der Waals surface area contributed by atoms with Crippen LogP contribution in [-0.4, -0.2) is 48.7 Å². The van der Waals surface area contributed by atoms with Crippen LogP contribution < -0.4 is 5.32 Å². The van der Waals surface area contributed by atoms with E-state index in [9.17, 15) is 4.79 Å². The molecule has 1 aliphatic heterocycles. The lowest BCUT2D eigenvalue weighted by atomic mass is 10.1. The third kappa shape index (κ3) is 4.58. The fourth-order valence-corrected chi connectivity index (χ4v) is 2.67. The van der Waals surface area contributed by atoms with Gasteiger partial charge in [0.2, 0.25) is 0 Å². The highest BCUT2D eigenvalue weighted by atomic mass is 16.5. The number of nitrogens with one attached hydrogen (secondary N) is 1. The van der Waals surface area contributed by atoms with Crippen molar-refractivity contribution in [3.8, 4) is 0 Å². The van der Waals surface area contributed by atoms with Crippen LogP contribution in [0.4, 0.5) is 0 Å². The molecule has 1 heterocycles. The molecule has 0 radical (unpaired) electrons. The first kappa shape index (κ1) is 15.4. The molecule has 2 atom stereocenters. The Bertz CT molecular complexity index is 256. The van der Waals surface area contributed by atoms with Gasteiger partial charge in [0.15, 0.2) is 0 Å². The Hall–Kier alpha value is -0.610. The number of rotatable bonds is 7. The normalized spacial score (nSPS) is 22.4. The molecule has 1 rings (SSSR count). The maximum Gasteiger partial charge on any atom is 0.324 e. The van der Waals surface area contributed by atoms with Gasteiger partial charge < -0.3 is 10.1 Å². The molecule has 4 nitrogen and oxygen atoms in total. The molecule has 0 spiro atoms. The smallest absolute Gasteiger partial charge is 0.324 e. The minimum atomic E-state index is -0.197. The van der Waals surface area contributed by atoms with E-state index in [1.807, 2.05) is 6.92 Å². The van der Waals surface area contributed by atoms with Gasteiger partial charge in [0.25, 0.3) is 0 Å². The van der Waals surface area contributed by atoms with E-state index < -0.39 is 0 Å². The van der Waals surface area contributed by atoms with Crippen LogP contribution in [0.3, 0.4) is 0 Å². The Morgan fingerprint density at radius 2 is 2.17 bits per heavy atom. The van der Waals surface area contributed by atoms with Gasteiger partial charge >= 0.3 is 5.97 Å². The Balaban J connectivity index is 2.56. The van der Waals surface area contributed by atoms with E-state index >= 15 is 0 Å². The van der Waals surface area contributed by atoms with Gasteiger partial charge in [-0.1, -0.05) is 20.8 Å². The number of carbonyl (C=O) groups excluding carboxylic acids is 1. The number of nitrogens with zero attached hydrogens (tertiary/aromatic N) is 1. The van der Waals surface area contributed by atoms with Gasteiger partial charge in [-0.2, -0.15) is 0 Å². The van der Waals surface area contributed by atoms with Gasteiger partial charge in [-0.15, -0.1) is 0 Å². The van der Waals surface area contributed by atoms with Crippen molar-refractivity contribution < 1.29 is 9.53 Å². The van der Waals surface area contributed by atoms with Crippen LogP contribution in [0, 0.1) is 0 Å². The van der Waals surface area contributed by atoms with Crippen molar-refractivity contribution in [2.45, 2.75) is 65.1 Å². The van der Waals surface area contributed by atoms with E-state index in [1.165, 1.54) is 12.8 Å². The third-order valence-corrected chi connectivity index (χ3v) is 3.49. The SMILES string of the molecule is CCOC(=O)C(CN1CCCC1CC)NC(C)C. The maximum atomic E-state index is 12.0. The Morgan fingerprint density at radius 1 is 1.44 bits per heavy atom. The molecule has 0 aliphatic carbocycles. The van der Waals surface area contributed by atoms with Crippen LogP contribution in [-0.2, 0) is 9.53 Å². The second-order valence-electron chi connectivity index (χ2n) is 5.33. The van der Waals surface area contributed by atoms with Gasteiger partial charge in [0, 0.05) is 18.6 Å². The van der Waals surface area contributed by atoms with E-state index in [0.717, 1.165) is 19.5 Å². The molecule has 1 N–H and O–H groups in total. The van der Waals surface area contributed by atoms with Crippen molar-refractivity contribution in [3.05, 3.63) is 0 Å². The van der Waals surface area contributed by atoms with Crippen molar-refractivity contribution in [2.75, 3.05) is 19.7 Å². The average molecular weight is 256 g/mol. The number of hydrogen-bond donors (Lipinski definition) is 1. The van der Waals surface area contributed by atoms with Crippen molar-refractivity contribution in [1.29, 1.82) is 0 Å². The van der Waals surface area contributed by atoms with Crippen molar-refractivity contribution >= 4 is 5.97 Å². The zero-order chi connectivity index (χ0) is 13.5. The van der Waals surface area contributed by atoms with E-state index in [1.54, 1.807) is 0 Å². The second-order valence-corrected chi connectivity index (χ2v) is 5.33. The minimum absolute atomic E-state index is 0.118. The summed E-state index contributed by atoms with van der Waals surface area (Å²) in [6, 6.07) is 0.732. The number of likely N-dealkylation sites (tertiary alicyclic amines) is 1. The van der Waals surface area contributed by atoms with E-state index in [0.29, 0.717) is 18.7 Å². The summed E-state index contributed by atoms with van der Waals surface area (Å²) in [7, 11) is 0. The van der Waals surface area contributed by atoms with Crippen LogP contribution >= 0.6 is 0 Å². The summed E-state index contributed by atoms with van der Waals surface area (Å²) in [5.74, 6) is -0.118. The summed E-state index contributed by atoms with van der Waals surface area (Å²) in [5, 5.41) is 3.32. The monoisotopic (exact) mass is 256 g/mol. The predicted molar refractivity (Wildman–Crippen MR) is 73.6 cm³/mol. The molecular formula is C14H28N2O2. The molecule has 0 bridgehead atoms. The first-order chi connectivity index (χ1) is 8.58. The Kier molecular flexibility index (Phi) is 6.65. The molecule has 0 saturated carbocycles. The molecule has 106 valence electrons. The summed E-state index contributed by atoms with van der Waals surface area (Å²) in [5.41, 5.74) is 0. The molecule has 0 aromatic heterocycles. The van der Waals surface area contributed by atoms with Crippen LogP contribution in [0.1, 0.15) is 47.0 Å². The largest absolute Gasteiger partial charge is 0.465 e. The molecule has 0 amide bonds. The van der Waals surface area contributed by atoms with Gasteiger partial charge in [-0.05, 0) is 32.7 Å². The summed E-state index contributed by atoms with van der Waals surface area (Å²) in [6.07, 6.45) is 3.67. The van der Waals surface area contributed by atoms with E-state index in [4.69, 9.17) is 4.74 Å². The molecule has 18 heavy (non-hydrogen) atoms. The van der Waals surface area contributed by atoms with E-state index in [2.05, 4.69) is 31.0 Å². The molecule has 2 unspecified atom stereocenters. The van der Waals surface area contributed by atoms with Gasteiger partial charge in [-0.3, -0.25) is 9.69 Å². The highest BCUT2D eigenvalue weighted by molar-refractivity contribution is 5.76. The number of hydrogen-bond acceptors (Lipinski definition) is 4. The fourth-order valence-electron chi connectivity index (χ4n) is 2.67. The second kappa shape index (κ2) is 7.74. The summed E-state index contributed by atoms with van der Waals surface area (Å²) in [4.78, 5) is 14.4. The van der Waals surface area contributed by atoms with Gasteiger partial charge in [0.05, 0.1) is 6.61 Å². The number of carbonyl (C=O) groups is 1. The van der Waals surface area contributed by atoms with E-state index in [-0.39, 0.29) is 12.0 Å². The molecule has 4 heteroatoms. The summed E-state index contributed by atoms with van der Waals surface area (Å²) in [6.45, 7) is 10.5. The topological polar surface area (TPSA) is 41.6 Å². The summed E-state index contributed by atoms with van der Waals surface area (Å²) < 4.78 is 5.16. The first-order valence-corrected chi connectivity index (χ1v) is 7.25. The lowest BCUT2D eigenvalue weighted by Crippen LogP contribution is -2.50. The lowest BCUT2D eigenvalue weighted by molar-refractivity contribution is -0.146. The molecular weight excluding hydrogens is 228 g/mol. The molecule has 1 saturated heterocycles. The first-order valence-electron chi connectivity index (χ1n) is 7.25. The quantitative estimate of drug-likeness (QED) is 0.705. The van der Waals surface area contributed by atoms with Crippen LogP contribution in [0.5, 0.6) is 0 Å². The number of esters is 1. The minimum Gasteiger partial charge on any atom is -0.465 e. The Labute approximate surface area is 111 Å².